The average molecular weight is 344 g/mol. The lowest BCUT2D eigenvalue weighted by Gasteiger charge is -2.12. The van der Waals surface area contributed by atoms with Gasteiger partial charge in [-0.1, -0.05) is 41.9 Å². The molecule has 2 aromatic carbocycles. The Morgan fingerprint density at radius 1 is 1.19 bits per heavy atom. The zero-order chi connectivity index (χ0) is 15.0. The van der Waals surface area contributed by atoms with Gasteiger partial charge in [-0.25, -0.2) is 4.98 Å². The highest BCUT2D eigenvalue weighted by atomic mass is 79.9. The van der Waals surface area contributed by atoms with E-state index in [0.717, 1.165) is 33.6 Å². The number of nitrogen functional groups attached to an aromatic ring is 1. The van der Waals surface area contributed by atoms with Gasteiger partial charge in [-0.15, -0.1) is 0 Å². The van der Waals surface area contributed by atoms with Crippen LogP contribution in [0.3, 0.4) is 0 Å². The van der Waals surface area contributed by atoms with Crippen LogP contribution in [-0.4, -0.2) is 9.55 Å². The van der Waals surface area contributed by atoms with Gasteiger partial charge in [-0.3, -0.25) is 0 Å². The van der Waals surface area contributed by atoms with Crippen molar-refractivity contribution in [3.8, 4) is 0 Å². The summed E-state index contributed by atoms with van der Waals surface area (Å²) in [5.41, 5.74) is 9.98. The molecule has 108 valence electrons. The van der Waals surface area contributed by atoms with E-state index in [-0.39, 0.29) is 0 Å². The van der Waals surface area contributed by atoms with Crippen molar-refractivity contribution in [1.29, 1.82) is 0 Å². The molecule has 0 amide bonds. The molecule has 0 radical (unpaired) electrons. The minimum absolute atomic E-state index is 0.366. The zero-order valence-electron chi connectivity index (χ0n) is 12.2. The lowest BCUT2D eigenvalue weighted by Crippen LogP contribution is -2.06. The van der Waals surface area contributed by atoms with Crippen molar-refractivity contribution in [3.05, 3.63) is 58.3 Å². The lowest BCUT2D eigenvalue weighted by atomic mass is 10.2. The number of imidazole rings is 1. The number of anilines is 1. The molecule has 4 heteroatoms. The van der Waals surface area contributed by atoms with Crippen LogP contribution in [0.1, 0.15) is 31.2 Å². The molecule has 0 atom stereocenters. The Hall–Kier alpha value is -1.81. The molecule has 3 rings (SSSR count). The van der Waals surface area contributed by atoms with Gasteiger partial charge in [0.2, 0.25) is 0 Å². The molecule has 0 bridgehead atoms. The van der Waals surface area contributed by atoms with E-state index in [1.807, 2.05) is 18.2 Å². The molecule has 0 aliphatic rings. The minimum atomic E-state index is 0.366. The van der Waals surface area contributed by atoms with Gasteiger partial charge in [0.1, 0.15) is 5.82 Å². The third-order valence-electron chi connectivity index (χ3n) is 3.55. The molecule has 0 unspecified atom stereocenters. The van der Waals surface area contributed by atoms with Crippen molar-refractivity contribution in [1.82, 2.24) is 9.55 Å². The second-order valence-corrected chi connectivity index (χ2v) is 6.50. The number of nitrogens with two attached hydrogens (primary N) is 1. The molecule has 0 spiro atoms. The molecule has 3 nitrogen and oxygen atoms in total. The summed E-state index contributed by atoms with van der Waals surface area (Å²) in [6.07, 6.45) is 0. The second-order valence-electron chi connectivity index (χ2n) is 5.59. The minimum Gasteiger partial charge on any atom is -0.399 e. The van der Waals surface area contributed by atoms with Crippen LogP contribution in [0.15, 0.2) is 46.9 Å². The van der Waals surface area contributed by atoms with E-state index >= 15 is 0 Å². The van der Waals surface area contributed by atoms with Crippen LogP contribution in [0, 0.1) is 0 Å². The standard InChI is InChI=1S/C17H18BrN3/c1-11(2)17-20-15-9-14(19)6-7-16(15)21(17)10-12-4-3-5-13(18)8-12/h3-9,11H,10,19H2,1-2H3. The number of rotatable bonds is 3. The molecule has 0 aliphatic heterocycles. The summed E-state index contributed by atoms with van der Waals surface area (Å²) >= 11 is 3.53. The Balaban J connectivity index is 2.13. The Morgan fingerprint density at radius 2 is 2.00 bits per heavy atom. The fourth-order valence-electron chi connectivity index (χ4n) is 2.59. The number of aromatic nitrogens is 2. The highest BCUT2D eigenvalue weighted by Gasteiger charge is 2.14. The summed E-state index contributed by atoms with van der Waals surface area (Å²) < 4.78 is 3.38. The molecule has 0 aliphatic carbocycles. The molecule has 21 heavy (non-hydrogen) atoms. The third-order valence-corrected chi connectivity index (χ3v) is 4.04. The molecule has 0 saturated carbocycles. The van der Waals surface area contributed by atoms with Crippen LogP contribution < -0.4 is 5.73 Å². The van der Waals surface area contributed by atoms with E-state index < -0.39 is 0 Å². The summed E-state index contributed by atoms with van der Waals surface area (Å²) in [7, 11) is 0. The topological polar surface area (TPSA) is 43.8 Å². The predicted octanol–water partition coefficient (Wildman–Crippen LogP) is 4.55. The van der Waals surface area contributed by atoms with E-state index in [1.54, 1.807) is 0 Å². The monoisotopic (exact) mass is 343 g/mol. The first-order valence-electron chi connectivity index (χ1n) is 7.04. The number of hydrogen-bond acceptors (Lipinski definition) is 2. The van der Waals surface area contributed by atoms with Crippen molar-refractivity contribution in [2.24, 2.45) is 0 Å². The maximum atomic E-state index is 5.88. The molecule has 1 heterocycles. The normalized spacial score (nSPS) is 11.4. The highest BCUT2D eigenvalue weighted by Crippen LogP contribution is 2.25. The largest absolute Gasteiger partial charge is 0.399 e. The summed E-state index contributed by atoms with van der Waals surface area (Å²) in [6.45, 7) is 5.15. The van der Waals surface area contributed by atoms with Gasteiger partial charge in [0.25, 0.3) is 0 Å². The Kier molecular flexibility index (Phi) is 3.72. The first-order chi connectivity index (χ1) is 10.0. The average Bonchev–Trinajstić information content (AvgIpc) is 2.77. The zero-order valence-corrected chi connectivity index (χ0v) is 13.8. The maximum absolute atomic E-state index is 5.88. The number of hydrogen-bond donors (Lipinski definition) is 1. The summed E-state index contributed by atoms with van der Waals surface area (Å²) in [6, 6.07) is 14.3. The van der Waals surface area contributed by atoms with Gasteiger partial charge in [0.05, 0.1) is 11.0 Å². The molecule has 0 saturated heterocycles. The SMILES string of the molecule is CC(C)c1nc2cc(N)ccc2n1Cc1cccc(Br)c1. The Morgan fingerprint density at radius 3 is 2.71 bits per heavy atom. The first kappa shape index (κ1) is 14.1. The van der Waals surface area contributed by atoms with Crippen LogP contribution in [0.5, 0.6) is 0 Å². The predicted molar refractivity (Wildman–Crippen MR) is 91.5 cm³/mol. The van der Waals surface area contributed by atoms with Gasteiger partial charge >= 0.3 is 0 Å². The van der Waals surface area contributed by atoms with E-state index in [2.05, 4.69) is 58.6 Å². The van der Waals surface area contributed by atoms with Crippen molar-refractivity contribution in [2.45, 2.75) is 26.3 Å². The molecular formula is C17H18BrN3. The van der Waals surface area contributed by atoms with Crippen molar-refractivity contribution < 1.29 is 0 Å². The van der Waals surface area contributed by atoms with E-state index in [4.69, 9.17) is 10.7 Å². The van der Waals surface area contributed by atoms with Crippen LogP contribution >= 0.6 is 15.9 Å². The van der Waals surface area contributed by atoms with E-state index in [9.17, 15) is 0 Å². The van der Waals surface area contributed by atoms with E-state index in [0.29, 0.717) is 5.92 Å². The molecule has 0 fully saturated rings. The number of benzene rings is 2. The quantitative estimate of drug-likeness (QED) is 0.708. The number of fused-ring (bicyclic) bond motifs is 1. The summed E-state index contributed by atoms with van der Waals surface area (Å²) in [5, 5.41) is 0. The van der Waals surface area contributed by atoms with E-state index in [1.165, 1.54) is 5.56 Å². The molecule has 3 aromatic rings. The Labute approximate surface area is 132 Å². The van der Waals surface area contributed by atoms with Crippen LogP contribution in [0.2, 0.25) is 0 Å². The van der Waals surface area contributed by atoms with Crippen LogP contribution in [-0.2, 0) is 6.54 Å². The third kappa shape index (κ3) is 2.81. The fourth-order valence-corrected chi connectivity index (χ4v) is 3.04. The van der Waals surface area contributed by atoms with Crippen molar-refractivity contribution >= 4 is 32.7 Å². The highest BCUT2D eigenvalue weighted by molar-refractivity contribution is 9.10. The van der Waals surface area contributed by atoms with Gasteiger partial charge in [0, 0.05) is 22.6 Å². The number of halogens is 1. The lowest BCUT2D eigenvalue weighted by molar-refractivity contribution is 0.683. The number of nitrogens with zero attached hydrogens (tertiary/aromatic N) is 2. The van der Waals surface area contributed by atoms with Crippen LogP contribution in [0.4, 0.5) is 5.69 Å². The van der Waals surface area contributed by atoms with Crippen molar-refractivity contribution in [2.75, 3.05) is 5.73 Å². The molecular weight excluding hydrogens is 326 g/mol. The Bertz CT molecular complexity index is 790. The van der Waals surface area contributed by atoms with Gasteiger partial charge in [0.15, 0.2) is 0 Å². The summed E-state index contributed by atoms with van der Waals surface area (Å²) in [5.74, 6) is 1.46. The molecule has 2 N–H and O–H groups in total. The molecule has 1 aromatic heterocycles. The fraction of sp³-hybridized carbons (Fsp3) is 0.235. The van der Waals surface area contributed by atoms with Gasteiger partial charge in [-0.2, -0.15) is 0 Å². The smallest absolute Gasteiger partial charge is 0.112 e. The summed E-state index contributed by atoms with van der Waals surface area (Å²) in [4.78, 5) is 4.76. The van der Waals surface area contributed by atoms with Gasteiger partial charge < -0.3 is 10.3 Å². The second kappa shape index (κ2) is 5.53. The van der Waals surface area contributed by atoms with Crippen LogP contribution in [0.25, 0.3) is 11.0 Å². The first-order valence-corrected chi connectivity index (χ1v) is 7.84. The maximum Gasteiger partial charge on any atom is 0.112 e. The van der Waals surface area contributed by atoms with Crippen molar-refractivity contribution in [3.63, 3.8) is 0 Å². The van der Waals surface area contributed by atoms with Gasteiger partial charge in [-0.05, 0) is 35.9 Å².